The predicted octanol–water partition coefficient (Wildman–Crippen LogP) is 0.209. The lowest BCUT2D eigenvalue weighted by Crippen LogP contribution is -2.36. The number of carbonyl (C=O) groups is 1. The van der Waals surface area contributed by atoms with Crippen molar-refractivity contribution in [2.45, 2.75) is 0 Å². The second kappa shape index (κ2) is 3.67. The van der Waals surface area contributed by atoms with Crippen LogP contribution in [0.2, 0.25) is 0 Å². The molecule has 2 heterocycles. The molecule has 0 bridgehead atoms. The van der Waals surface area contributed by atoms with Gasteiger partial charge >= 0.3 is 5.97 Å². The van der Waals surface area contributed by atoms with Gasteiger partial charge in [0.05, 0.1) is 13.2 Å². The third kappa shape index (κ3) is 1.69. The van der Waals surface area contributed by atoms with Crippen molar-refractivity contribution in [2.24, 2.45) is 0 Å². The largest absolute Gasteiger partial charge is 0.476 e. The lowest BCUT2D eigenvalue weighted by Gasteiger charge is -2.24. The normalized spacial score (nSPS) is 17.0. The average Bonchev–Trinajstić information content (AvgIpc) is 2.68. The summed E-state index contributed by atoms with van der Waals surface area (Å²) in [4.78, 5) is 16.2. The fourth-order valence-corrected chi connectivity index (χ4v) is 1.26. The molecule has 1 aliphatic heterocycles. The quantitative estimate of drug-likeness (QED) is 0.732. The molecular weight excluding hydrogens is 188 g/mol. The number of carboxylic acids is 1. The summed E-state index contributed by atoms with van der Waals surface area (Å²) in [6, 6.07) is 0.353. The summed E-state index contributed by atoms with van der Waals surface area (Å²) >= 11 is 0. The average molecular weight is 198 g/mol. The van der Waals surface area contributed by atoms with Crippen molar-refractivity contribution in [3.8, 4) is 0 Å². The minimum Gasteiger partial charge on any atom is -0.476 e. The van der Waals surface area contributed by atoms with Crippen LogP contribution in [0.4, 0.5) is 6.01 Å². The smallest absolute Gasteiger partial charge is 0.357 e. The predicted molar refractivity (Wildman–Crippen MR) is 46.5 cm³/mol. The summed E-state index contributed by atoms with van der Waals surface area (Å²) in [6.07, 6.45) is 1.15. The number of ether oxygens (including phenoxy) is 1. The molecule has 1 aromatic rings. The van der Waals surface area contributed by atoms with Crippen LogP contribution in [-0.4, -0.2) is 42.4 Å². The zero-order chi connectivity index (χ0) is 9.97. The van der Waals surface area contributed by atoms with Crippen LogP contribution in [0.15, 0.2) is 10.7 Å². The van der Waals surface area contributed by atoms with Crippen LogP contribution in [-0.2, 0) is 4.74 Å². The first-order valence-corrected chi connectivity index (χ1v) is 4.29. The van der Waals surface area contributed by atoms with Gasteiger partial charge in [-0.25, -0.2) is 4.79 Å². The summed E-state index contributed by atoms with van der Waals surface area (Å²) in [5, 5.41) is 8.63. The number of hydrogen-bond donors (Lipinski definition) is 1. The van der Waals surface area contributed by atoms with Crippen LogP contribution in [0.25, 0.3) is 0 Å². The van der Waals surface area contributed by atoms with Crippen LogP contribution in [0.3, 0.4) is 0 Å². The van der Waals surface area contributed by atoms with E-state index in [9.17, 15) is 4.79 Å². The topological polar surface area (TPSA) is 75.8 Å². The van der Waals surface area contributed by atoms with E-state index in [2.05, 4.69) is 4.98 Å². The van der Waals surface area contributed by atoms with Gasteiger partial charge in [0, 0.05) is 13.1 Å². The first-order chi connectivity index (χ1) is 6.77. The van der Waals surface area contributed by atoms with E-state index in [1.807, 2.05) is 4.90 Å². The maximum absolute atomic E-state index is 10.5. The first kappa shape index (κ1) is 9.01. The van der Waals surface area contributed by atoms with Crippen LogP contribution >= 0.6 is 0 Å². The number of anilines is 1. The summed E-state index contributed by atoms with van der Waals surface area (Å²) in [5.74, 6) is -1.08. The molecule has 6 heteroatoms. The van der Waals surface area contributed by atoms with Gasteiger partial charge in [-0.3, -0.25) is 0 Å². The van der Waals surface area contributed by atoms with Crippen molar-refractivity contribution >= 4 is 12.0 Å². The molecule has 0 spiro atoms. The second-order valence-corrected chi connectivity index (χ2v) is 2.92. The fourth-order valence-electron chi connectivity index (χ4n) is 1.26. The third-order valence-electron chi connectivity index (χ3n) is 1.99. The summed E-state index contributed by atoms with van der Waals surface area (Å²) < 4.78 is 10.2. The summed E-state index contributed by atoms with van der Waals surface area (Å²) in [6.45, 7) is 2.59. The molecule has 1 N–H and O–H groups in total. The molecule has 2 rings (SSSR count). The molecule has 0 unspecified atom stereocenters. The number of aromatic carboxylic acids is 1. The highest BCUT2D eigenvalue weighted by Crippen LogP contribution is 2.14. The Bertz CT molecular complexity index is 330. The van der Waals surface area contributed by atoms with Crippen molar-refractivity contribution in [3.05, 3.63) is 12.0 Å². The first-order valence-electron chi connectivity index (χ1n) is 4.29. The highest BCUT2D eigenvalue weighted by atomic mass is 16.5. The standard InChI is InChI=1S/C8H10N2O4/c11-7(12)6-5-14-8(9-6)10-1-3-13-4-2-10/h5H,1-4H2,(H,11,12). The van der Waals surface area contributed by atoms with Gasteiger partial charge in [-0.05, 0) is 0 Å². The van der Waals surface area contributed by atoms with Gasteiger partial charge < -0.3 is 19.2 Å². The van der Waals surface area contributed by atoms with E-state index in [0.717, 1.165) is 6.26 Å². The lowest BCUT2D eigenvalue weighted by atomic mass is 10.4. The van der Waals surface area contributed by atoms with E-state index >= 15 is 0 Å². The highest BCUT2D eigenvalue weighted by Gasteiger charge is 2.18. The Morgan fingerprint density at radius 3 is 2.79 bits per heavy atom. The van der Waals surface area contributed by atoms with Crippen molar-refractivity contribution in [2.75, 3.05) is 31.2 Å². The second-order valence-electron chi connectivity index (χ2n) is 2.92. The Kier molecular flexibility index (Phi) is 2.36. The number of morpholine rings is 1. The van der Waals surface area contributed by atoms with E-state index in [0.29, 0.717) is 32.3 Å². The molecule has 0 atom stereocenters. The maximum atomic E-state index is 10.5. The Morgan fingerprint density at radius 1 is 1.50 bits per heavy atom. The Morgan fingerprint density at radius 2 is 2.21 bits per heavy atom. The summed E-state index contributed by atoms with van der Waals surface area (Å²) in [7, 11) is 0. The van der Waals surface area contributed by atoms with Gasteiger partial charge in [0.15, 0.2) is 5.69 Å². The van der Waals surface area contributed by atoms with Crippen LogP contribution in [0.5, 0.6) is 0 Å². The number of rotatable bonds is 2. The number of carboxylic acid groups (broad SMARTS) is 1. The molecule has 1 fully saturated rings. The fraction of sp³-hybridized carbons (Fsp3) is 0.500. The Labute approximate surface area is 80.1 Å². The third-order valence-corrected chi connectivity index (χ3v) is 1.99. The molecule has 0 amide bonds. The lowest BCUT2D eigenvalue weighted by molar-refractivity contribution is 0.0690. The molecular formula is C8H10N2O4. The molecule has 14 heavy (non-hydrogen) atoms. The number of aromatic nitrogens is 1. The van der Waals surface area contributed by atoms with E-state index in [4.69, 9.17) is 14.3 Å². The zero-order valence-electron chi connectivity index (χ0n) is 7.47. The zero-order valence-corrected chi connectivity index (χ0v) is 7.47. The minimum atomic E-state index is -1.08. The van der Waals surface area contributed by atoms with Crippen molar-refractivity contribution in [1.29, 1.82) is 0 Å². The van der Waals surface area contributed by atoms with E-state index in [-0.39, 0.29) is 5.69 Å². The van der Waals surface area contributed by atoms with Crippen molar-refractivity contribution in [3.63, 3.8) is 0 Å². The highest BCUT2D eigenvalue weighted by molar-refractivity contribution is 5.85. The Hall–Kier alpha value is -1.56. The SMILES string of the molecule is O=C(O)c1coc(N2CCOCC2)n1. The van der Waals surface area contributed by atoms with Gasteiger partial charge in [-0.1, -0.05) is 0 Å². The van der Waals surface area contributed by atoms with Crippen LogP contribution in [0.1, 0.15) is 10.5 Å². The molecule has 6 nitrogen and oxygen atoms in total. The molecule has 0 radical (unpaired) electrons. The monoisotopic (exact) mass is 198 g/mol. The van der Waals surface area contributed by atoms with Crippen LogP contribution in [0, 0.1) is 0 Å². The van der Waals surface area contributed by atoms with E-state index < -0.39 is 5.97 Å². The van der Waals surface area contributed by atoms with Crippen molar-refractivity contribution < 1.29 is 19.1 Å². The maximum Gasteiger partial charge on any atom is 0.357 e. The molecule has 1 aliphatic rings. The number of hydrogen-bond acceptors (Lipinski definition) is 5. The summed E-state index contributed by atoms with van der Waals surface area (Å²) in [5.41, 5.74) is -0.0634. The van der Waals surface area contributed by atoms with Crippen molar-refractivity contribution in [1.82, 2.24) is 4.98 Å². The Balaban J connectivity index is 2.11. The van der Waals surface area contributed by atoms with Gasteiger partial charge in [0.25, 0.3) is 6.01 Å². The van der Waals surface area contributed by atoms with E-state index in [1.165, 1.54) is 0 Å². The minimum absolute atomic E-state index is 0.0634. The van der Waals surface area contributed by atoms with E-state index in [1.54, 1.807) is 0 Å². The molecule has 76 valence electrons. The van der Waals surface area contributed by atoms with Gasteiger partial charge in [0.2, 0.25) is 0 Å². The molecule has 1 aromatic heterocycles. The molecule has 0 aliphatic carbocycles. The number of nitrogens with zero attached hydrogens (tertiary/aromatic N) is 2. The molecule has 0 aromatic carbocycles. The van der Waals surface area contributed by atoms with Gasteiger partial charge in [-0.15, -0.1) is 0 Å². The van der Waals surface area contributed by atoms with Crippen LogP contribution < -0.4 is 4.90 Å². The number of oxazole rings is 1. The van der Waals surface area contributed by atoms with Gasteiger partial charge in [-0.2, -0.15) is 4.98 Å². The molecule has 0 saturated carbocycles. The van der Waals surface area contributed by atoms with Gasteiger partial charge in [0.1, 0.15) is 6.26 Å². The molecule has 1 saturated heterocycles.